The highest BCUT2D eigenvalue weighted by Crippen LogP contribution is 2.12. The maximum atomic E-state index is 8.90. The molecular weight excluding hydrogens is 206 g/mol. The lowest BCUT2D eigenvalue weighted by atomic mass is 10.2. The molecule has 92 valence electrons. The number of aliphatic hydroxyl groups is 1. The molecule has 1 aromatic rings. The third kappa shape index (κ3) is 3.30. The summed E-state index contributed by atoms with van der Waals surface area (Å²) in [5.41, 5.74) is 3.36. The van der Waals surface area contributed by atoms with Crippen LogP contribution in [0.1, 0.15) is 17.0 Å². The molecule has 0 spiro atoms. The number of rotatable bonds is 7. The number of hydrogen-bond donors (Lipinski definition) is 2. The van der Waals surface area contributed by atoms with Gasteiger partial charge in [0.1, 0.15) is 0 Å². The second-order valence-corrected chi connectivity index (χ2v) is 3.77. The van der Waals surface area contributed by atoms with Gasteiger partial charge in [0.15, 0.2) is 0 Å². The lowest BCUT2D eigenvalue weighted by Crippen LogP contribution is -2.19. The molecule has 0 atom stereocenters. The monoisotopic (exact) mass is 227 g/mol. The number of nitrogens with zero attached hydrogens (tertiary/aromatic N) is 2. The Bertz CT molecular complexity index is 323. The van der Waals surface area contributed by atoms with Crippen molar-refractivity contribution in [1.82, 2.24) is 15.1 Å². The van der Waals surface area contributed by atoms with E-state index >= 15 is 0 Å². The van der Waals surface area contributed by atoms with Gasteiger partial charge in [-0.15, -0.1) is 0 Å². The molecule has 0 aliphatic heterocycles. The van der Waals surface area contributed by atoms with Crippen LogP contribution in [0.2, 0.25) is 0 Å². The zero-order chi connectivity index (χ0) is 12.0. The number of ether oxygens (including phenoxy) is 1. The molecule has 0 saturated carbocycles. The van der Waals surface area contributed by atoms with E-state index in [0.717, 1.165) is 24.5 Å². The third-order valence-electron chi connectivity index (χ3n) is 2.63. The Balaban J connectivity index is 2.57. The van der Waals surface area contributed by atoms with E-state index in [1.165, 1.54) is 5.56 Å². The average molecular weight is 227 g/mol. The van der Waals surface area contributed by atoms with Crippen molar-refractivity contribution in [3.63, 3.8) is 0 Å². The first kappa shape index (κ1) is 13.2. The van der Waals surface area contributed by atoms with E-state index in [2.05, 4.69) is 10.4 Å². The highest BCUT2D eigenvalue weighted by atomic mass is 16.5. The van der Waals surface area contributed by atoms with Gasteiger partial charge in [0.25, 0.3) is 0 Å². The van der Waals surface area contributed by atoms with Crippen LogP contribution < -0.4 is 5.32 Å². The number of aryl methyl sites for hydroxylation is 1. The van der Waals surface area contributed by atoms with Gasteiger partial charge in [0.05, 0.1) is 25.5 Å². The summed E-state index contributed by atoms with van der Waals surface area (Å²) in [7, 11) is 1.69. The molecule has 0 radical (unpaired) electrons. The van der Waals surface area contributed by atoms with E-state index in [-0.39, 0.29) is 6.61 Å². The van der Waals surface area contributed by atoms with Crippen LogP contribution in [0, 0.1) is 13.8 Å². The summed E-state index contributed by atoms with van der Waals surface area (Å²) < 4.78 is 6.82. The lowest BCUT2D eigenvalue weighted by molar-refractivity contribution is 0.199. The molecule has 0 amide bonds. The zero-order valence-corrected chi connectivity index (χ0v) is 10.3. The number of aliphatic hydroxyl groups excluding tert-OH is 1. The van der Waals surface area contributed by atoms with Crippen molar-refractivity contribution in [2.45, 2.75) is 26.9 Å². The van der Waals surface area contributed by atoms with Crippen LogP contribution in [0.3, 0.4) is 0 Å². The SMILES string of the molecule is COCCNCc1c(C)nn(CCO)c1C. The fraction of sp³-hybridized carbons (Fsp3) is 0.727. The van der Waals surface area contributed by atoms with Crippen LogP contribution in [0.25, 0.3) is 0 Å². The maximum Gasteiger partial charge on any atom is 0.0644 e. The van der Waals surface area contributed by atoms with E-state index in [1.807, 2.05) is 18.5 Å². The molecule has 0 unspecified atom stereocenters. The molecule has 0 saturated heterocycles. The number of aromatic nitrogens is 2. The van der Waals surface area contributed by atoms with Crippen molar-refractivity contribution in [1.29, 1.82) is 0 Å². The molecule has 2 N–H and O–H groups in total. The van der Waals surface area contributed by atoms with Gasteiger partial charge in [-0.1, -0.05) is 0 Å². The van der Waals surface area contributed by atoms with Crippen molar-refractivity contribution in [2.24, 2.45) is 0 Å². The van der Waals surface area contributed by atoms with Gasteiger partial charge < -0.3 is 15.2 Å². The summed E-state index contributed by atoms with van der Waals surface area (Å²) in [5, 5.41) is 16.6. The van der Waals surface area contributed by atoms with Crippen molar-refractivity contribution >= 4 is 0 Å². The predicted octanol–water partition coefficient (Wildman–Crippen LogP) is 0.228. The molecule has 5 heteroatoms. The molecule has 1 aromatic heterocycles. The standard InChI is InChI=1S/C11H21N3O2/c1-9-11(8-12-4-7-16-3)10(2)14(13-9)5-6-15/h12,15H,4-8H2,1-3H3. The van der Waals surface area contributed by atoms with Crippen molar-refractivity contribution in [2.75, 3.05) is 26.9 Å². The fourth-order valence-corrected chi connectivity index (χ4v) is 1.69. The van der Waals surface area contributed by atoms with Crippen molar-refractivity contribution in [3.05, 3.63) is 17.0 Å². The molecule has 0 bridgehead atoms. The summed E-state index contributed by atoms with van der Waals surface area (Å²) in [5.74, 6) is 0. The Morgan fingerprint density at radius 3 is 2.81 bits per heavy atom. The minimum Gasteiger partial charge on any atom is -0.394 e. The summed E-state index contributed by atoms with van der Waals surface area (Å²) in [6.07, 6.45) is 0. The van der Waals surface area contributed by atoms with Gasteiger partial charge in [0, 0.05) is 31.5 Å². The van der Waals surface area contributed by atoms with Crippen LogP contribution in [0.5, 0.6) is 0 Å². The smallest absolute Gasteiger partial charge is 0.0644 e. The summed E-state index contributed by atoms with van der Waals surface area (Å²) >= 11 is 0. The summed E-state index contributed by atoms with van der Waals surface area (Å²) in [6.45, 7) is 7.05. The Labute approximate surface area is 96.4 Å². The maximum absolute atomic E-state index is 8.90. The highest BCUT2D eigenvalue weighted by Gasteiger charge is 2.10. The van der Waals surface area contributed by atoms with E-state index in [0.29, 0.717) is 13.2 Å². The molecule has 5 nitrogen and oxygen atoms in total. The first-order valence-electron chi connectivity index (χ1n) is 5.54. The van der Waals surface area contributed by atoms with Crippen LogP contribution in [-0.2, 0) is 17.8 Å². The molecule has 0 aliphatic carbocycles. The fourth-order valence-electron chi connectivity index (χ4n) is 1.69. The normalized spacial score (nSPS) is 11.0. The van der Waals surface area contributed by atoms with Crippen molar-refractivity contribution < 1.29 is 9.84 Å². The number of hydrogen-bond acceptors (Lipinski definition) is 4. The predicted molar refractivity (Wildman–Crippen MR) is 62.4 cm³/mol. The number of methoxy groups -OCH3 is 1. The molecule has 16 heavy (non-hydrogen) atoms. The van der Waals surface area contributed by atoms with Gasteiger partial charge in [-0.25, -0.2) is 0 Å². The van der Waals surface area contributed by atoms with Gasteiger partial charge in [-0.05, 0) is 13.8 Å². The van der Waals surface area contributed by atoms with Gasteiger partial charge >= 0.3 is 0 Å². The summed E-state index contributed by atoms with van der Waals surface area (Å²) in [4.78, 5) is 0. The van der Waals surface area contributed by atoms with Crippen molar-refractivity contribution in [3.8, 4) is 0 Å². The minimum atomic E-state index is 0.124. The molecule has 0 aromatic carbocycles. The quantitative estimate of drug-likeness (QED) is 0.655. The largest absolute Gasteiger partial charge is 0.394 e. The Kier molecular flexibility index (Phi) is 5.45. The minimum absolute atomic E-state index is 0.124. The molecular formula is C11H21N3O2. The van der Waals surface area contributed by atoms with Crippen LogP contribution in [-0.4, -0.2) is 41.8 Å². The Morgan fingerprint density at radius 1 is 1.44 bits per heavy atom. The second-order valence-electron chi connectivity index (χ2n) is 3.77. The average Bonchev–Trinajstić information content (AvgIpc) is 2.52. The van der Waals surface area contributed by atoms with Gasteiger partial charge in [-0.2, -0.15) is 5.10 Å². The highest BCUT2D eigenvalue weighted by molar-refractivity contribution is 5.24. The van der Waals surface area contributed by atoms with E-state index in [4.69, 9.17) is 9.84 Å². The Hall–Kier alpha value is -0.910. The van der Waals surface area contributed by atoms with Gasteiger partial charge in [0.2, 0.25) is 0 Å². The lowest BCUT2D eigenvalue weighted by Gasteiger charge is -2.05. The van der Waals surface area contributed by atoms with E-state index in [1.54, 1.807) is 7.11 Å². The molecule has 1 rings (SSSR count). The first-order chi connectivity index (χ1) is 7.70. The first-order valence-corrected chi connectivity index (χ1v) is 5.54. The summed E-state index contributed by atoms with van der Waals surface area (Å²) in [6, 6.07) is 0. The van der Waals surface area contributed by atoms with Crippen LogP contribution >= 0.6 is 0 Å². The molecule has 1 heterocycles. The molecule has 0 aliphatic rings. The topological polar surface area (TPSA) is 59.3 Å². The van der Waals surface area contributed by atoms with Gasteiger partial charge in [-0.3, -0.25) is 4.68 Å². The second kappa shape index (κ2) is 6.62. The Morgan fingerprint density at radius 2 is 2.19 bits per heavy atom. The third-order valence-corrected chi connectivity index (χ3v) is 2.63. The zero-order valence-electron chi connectivity index (χ0n) is 10.3. The van der Waals surface area contributed by atoms with E-state index < -0.39 is 0 Å². The number of nitrogens with one attached hydrogen (secondary N) is 1. The molecule has 0 fully saturated rings. The van der Waals surface area contributed by atoms with E-state index in [9.17, 15) is 0 Å². The van der Waals surface area contributed by atoms with Crippen LogP contribution in [0.15, 0.2) is 0 Å². The van der Waals surface area contributed by atoms with Crippen LogP contribution in [0.4, 0.5) is 0 Å².